The van der Waals surface area contributed by atoms with Gasteiger partial charge in [0.15, 0.2) is 0 Å². The normalized spacial score (nSPS) is 18.9. The van der Waals surface area contributed by atoms with Gasteiger partial charge in [-0.2, -0.15) is 0 Å². The van der Waals surface area contributed by atoms with E-state index in [1.165, 1.54) is 7.11 Å². The van der Waals surface area contributed by atoms with Crippen molar-refractivity contribution in [1.29, 1.82) is 0 Å². The van der Waals surface area contributed by atoms with Crippen LogP contribution in [0.1, 0.15) is 37.9 Å². The molecule has 3 amide bonds. The molecule has 0 radical (unpaired) electrons. The number of β-lactam (4-membered cyclic amide) rings is 1. The van der Waals surface area contributed by atoms with Crippen LogP contribution in [0.2, 0.25) is 20.1 Å². The molecule has 190 valence electrons. The Bertz CT molecular complexity index is 1500. The number of nitrogens with zero attached hydrogens (tertiary/aromatic N) is 2. The molecule has 5 rings (SSSR count). The van der Waals surface area contributed by atoms with Gasteiger partial charge in [-0.15, -0.1) is 0 Å². The Balaban J connectivity index is 1.65. The van der Waals surface area contributed by atoms with Crippen LogP contribution in [0.15, 0.2) is 45.3 Å². The number of hydrogen-bond acceptors (Lipinski definition) is 4. The van der Waals surface area contributed by atoms with E-state index in [0.29, 0.717) is 21.5 Å². The van der Waals surface area contributed by atoms with E-state index in [-0.39, 0.29) is 31.2 Å². The molecule has 3 aromatic rings. The van der Waals surface area contributed by atoms with Crippen LogP contribution in [0.5, 0.6) is 5.75 Å². The van der Waals surface area contributed by atoms with Crippen molar-refractivity contribution in [3.63, 3.8) is 0 Å². The third-order valence-electron chi connectivity index (χ3n) is 6.42. The highest BCUT2D eigenvalue weighted by Gasteiger charge is 2.58. The van der Waals surface area contributed by atoms with E-state index in [1.54, 1.807) is 29.2 Å². The number of anilines is 1. The molecule has 2 heterocycles. The van der Waals surface area contributed by atoms with E-state index >= 15 is 0 Å². The molecule has 0 spiro atoms. The second-order valence-corrected chi connectivity index (χ2v) is 11.6. The fourth-order valence-corrected chi connectivity index (χ4v) is 6.43. The van der Waals surface area contributed by atoms with E-state index in [2.05, 4.69) is 31.9 Å². The van der Waals surface area contributed by atoms with Crippen molar-refractivity contribution in [1.82, 2.24) is 4.90 Å². The summed E-state index contributed by atoms with van der Waals surface area (Å²) < 4.78 is 6.86. The van der Waals surface area contributed by atoms with Crippen LogP contribution in [0.25, 0.3) is 0 Å². The summed E-state index contributed by atoms with van der Waals surface area (Å²) in [7, 11) is 1.54. The maximum absolute atomic E-state index is 13.7. The maximum atomic E-state index is 13.7. The van der Waals surface area contributed by atoms with Crippen LogP contribution in [-0.4, -0.2) is 35.8 Å². The van der Waals surface area contributed by atoms with Gasteiger partial charge in [-0.25, -0.2) is 0 Å². The van der Waals surface area contributed by atoms with Gasteiger partial charge in [0.05, 0.1) is 48.8 Å². The summed E-state index contributed by atoms with van der Waals surface area (Å²) in [4.78, 5) is 43.3. The number of aryl methyl sites for hydroxylation is 1. The summed E-state index contributed by atoms with van der Waals surface area (Å²) in [5, 5.41) is -0.666. The molecule has 0 aliphatic carbocycles. The number of imide groups is 1. The first-order valence-electron chi connectivity index (χ1n) is 10.7. The standard InChI is InChI=1S/C25H14Br2Cl4N2O4/c1-9-7-11(4-5-12(9)26)32-21(10-3-6-14(37-2)13(27)8-10)22(25(32)36)33-23(34)15-16(24(33)35)18(29)20(31)19(30)17(15)28/h3-8,21-22H,1-2H3/t21-,22+/m1/s1. The summed E-state index contributed by atoms with van der Waals surface area (Å²) in [5.74, 6) is -1.40. The zero-order chi connectivity index (χ0) is 26.9. The number of fused-ring (bicyclic) bond motifs is 1. The number of hydrogen-bond donors (Lipinski definition) is 0. The third-order valence-corrected chi connectivity index (χ3v) is 9.73. The second kappa shape index (κ2) is 9.74. The van der Waals surface area contributed by atoms with Crippen LogP contribution in [0.3, 0.4) is 0 Å². The lowest BCUT2D eigenvalue weighted by molar-refractivity contribution is -0.130. The topological polar surface area (TPSA) is 66.9 Å². The molecule has 1 fully saturated rings. The minimum absolute atomic E-state index is 0.141. The molecule has 0 bridgehead atoms. The number of methoxy groups -OCH3 is 1. The Morgan fingerprint density at radius 3 is 1.86 bits per heavy atom. The van der Waals surface area contributed by atoms with E-state index in [0.717, 1.165) is 14.9 Å². The summed E-state index contributed by atoms with van der Waals surface area (Å²) in [6.07, 6.45) is 0. The number of rotatable bonds is 4. The lowest BCUT2D eigenvalue weighted by Gasteiger charge is -2.50. The monoisotopic (exact) mass is 704 g/mol. The van der Waals surface area contributed by atoms with Gasteiger partial charge in [0, 0.05) is 10.2 Å². The Morgan fingerprint density at radius 1 is 0.757 bits per heavy atom. The molecular weight excluding hydrogens is 694 g/mol. The Labute approximate surface area is 248 Å². The zero-order valence-corrected chi connectivity index (χ0v) is 25.1. The fraction of sp³-hybridized carbons (Fsp3) is 0.160. The van der Waals surface area contributed by atoms with E-state index in [1.807, 2.05) is 19.1 Å². The smallest absolute Gasteiger partial charge is 0.264 e. The molecule has 2 atom stereocenters. The molecule has 37 heavy (non-hydrogen) atoms. The second-order valence-electron chi connectivity index (χ2n) is 8.41. The number of carbonyl (C=O) groups is 3. The predicted octanol–water partition coefficient (Wildman–Crippen LogP) is 7.89. The first-order valence-corrected chi connectivity index (χ1v) is 13.8. The molecule has 0 N–H and O–H groups in total. The number of benzene rings is 3. The number of halogens is 6. The number of carbonyl (C=O) groups excluding carboxylic acids is 3. The van der Waals surface area contributed by atoms with Crippen LogP contribution >= 0.6 is 78.3 Å². The first kappa shape index (κ1) is 26.8. The molecular formula is C25H14Br2Cl4N2O4. The van der Waals surface area contributed by atoms with Gasteiger partial charge in [0.2, 0.25) is 0 Å². The van der Waals surface area contributed by atoms with Crippen LogP contribution in [-0.2, 0) is 4.79 Å². The van der Waals surface area contributed by atoms with Gasteiger partial charge in [0.1, 0.15) is 11.8 Å². The molecule has 0 aromatic heterocycles. The van der Waals surface area contributed by atoms with Crippen molar-refractivity contribution in [2.45, 2.75) is 19.0 Å². The lowest BCUT2D eigenvalue weighted by Crippen LogP contribution is -2.67. The van der Waals surface area contributed by atoms with Gasteiger partial charge < -0.3 is 9.64 Å². The third kappa shape index (κ3) is 3.99. The van der Waals surface area contributed by atoms with Gasteiger partial charge in [-0.05, 0) is 64.3 Å². The minimum Gasteiger partial charge on any atom is -0.496 e. The Kier molecular flexibility index (Phi) is 7.05. The summed E-state index contributed by atoms with van der Waals surface area (Å²) in [6, 6.07) is 8.89. The Hall–Kier alpha value is -1.81. The van der Waals surface area contributed by atoms with Gasteiger partial charge in [0.25, 0.3) is 17.7 Å². The molecule has 0 unspecified atom stereocenters. The van der Waals surface area contributed by atoms with Gasteiger partial charge in [-0.3, -0.25) is 19.3 Å². The van der Waals surface area contributed by atoms with Gasteiger partial charge in [-0.1, -0.05) is 68.4 Å². The highest BCUT2D eigenvalue weighted by Crippen LogP contribution is 2.49. The minimum atomic E-state index is -1.17. The summed E-state index contributed by atoms with van der Waals surface area (Å²) >= 11 is 31.9. The summed E-state index contributed by atoms with van der Waals surface area (Å²) in [5.41, 5.74) is 1.84. The molecule has 3 aromatic carbocycles. The molecule has 1 saturated heterocycles. The van der Waals surface area contributed by atoms with Gasteiger partial charge >= 0.3 is 0 Å². The average molecular weight is 708 g/mol. The largest absolute Gasteiger partial charge is 0.496 e. The lowest BCUT2D eigenvalue weighted by atomic mass is 9.86. The highest BCUT2D eigenvalue weighted by atomic mass is 79.9. The van der Waals surface area contributed by atoms with Crippen LogP contribution < -0.4 is 9.64 Å². The van der Waals surface area contributed by atoms with E-state index in [4.69, 9.17) is 51.1 Å². The number of ether oxygens (including phenoxy) is 1. The average Bonchev–Trinajstić information content (AvgIpc) is 3.12. The zero-order valence-electron chi connectivity index (χ0n) is 18.9. The fourth-order valence-electron chi connectivity index (χ4n) is 4.61. The number of amides is 3. The molecule has 6 nitrogen and oxygen atoms in total. The van der Waals surface area contributed by atoms with Crippen molar-refractivity contribution < 1.29 is 19.1 Å². The highest BCUT2D eigenvalue weighted by molar-refractivity contribution is 9.10. The quantitative estimate of drug-likeness (QED) is 0.120. The van der Waals surface area contributed by atoms with Crippen LogP contribution in [0.4, 0.5) is 5.69 Å². The molecule has 12 heteroatoms. The van der Waals surface area contributed by atoms with Crippen molar-refractivity contribution in [3.05, 3.63) is 87.7 Å². The van der Waals surface area contributed by atoms with Crippen molar-refractivity contribution in [2.24, 2.45) is 0 Å². The molecule has 0 saturated carbocycles. The summed E-state index contributed by atoms with van der Waals surface area (Å²) in [6.45, 7) is 1.90. The predicted molar refractivity (Wildman–Crippen MR) is 151 cm³/mol. The van der Waals surface area contributed by atoms with Crippen LogP contribution in [0, 0.1) is 6.92 Å². The molecule has 2 aliphatic heterocycles. The SMILES string of the molecule is COc1ccc([C@@H]2[C@H](N3C(=O)c4c(Cl)c(Cl)c(Cl)c(Cl)c4C3=O)C(=O)N2c2ccc(Br)c(C)c2)cc1Br. The van der Waals surface area contributed by atoms with Crippen molar-refractivity contribution in [2.75, 3.05) is 12.0 Å². The molecule has 2 aliphatic rings. The Morgan fingerprint density at radius 2 is 1.35 bits per heavy atom. The van der Waals surface area contributed by atoms with E-state index < -0.39 is 29.8 Å². The van der Waals surface area contributed by atoms with Crippen molar-refractivity contribution in [3.8, 4) is 5.75 Å². The van der Waals surface area contributed by atoms with E-state index in [9.17, 15) is 14.4 Å². The van der Waals surface area contributed by atoms with Crippen molar-refractivity contribution >= 4 is 102 Å². The first-order chi connectivity index (χ1) is 17.5. The maximum Gasteiger partial charge on any atom is 0.264 e.